The molecule has 0 bridgehead atoms. The SMILES string of the molecule is Cl.O=C(Nc1nnc(SCCN2CCCCC2)s1)c1cccc(Cl)c1. The summed E-state index contributed by atoms with van der Waals surface area (Å²) >= 11 is 9.00. The number of piperidine rings is 1. The molecular weight excluding hydrogens is 399 g/mol. The number of thioether (sulfide) groups is 1. The number of carbonyl (C=O) groups excluding carboxylic acids is 1. The van der Waals surface area contributed by atoms with Crippen LogP contribution in [0, 0.1) is 0 Å². The highest BCUT2D eigenvalue weighted by Gasteiger charge is 2.12. The minimum atomic E-state index is -0.224. The summed E-state index contributed by atoms with van der Waals surface area (Å²) in [7, 11) is 0. The Balaban J connectivity index is 0.00000225. The number of amides is 1. The number of hydrogen-bond acceptors (Lipinski definition) is 6. The van der Waals surface area contributed by atoms with Gasteiger partial charge in [0.1, 0.15) is 0 Å². The summed E-state index contributed by atoms with van der Waals surface area (Å²) in [5.74, 6) is 0.773. The maximum absolute atomic E-state index is 12.2. The van der Waals surface area contributed by atoms with Crippen molar-refractivity contribution in [1.29, 1.82) is 0 Å². The second-order valence-corrected chi connectivity index (χ2v) is 8.34. The molecule has 1 amide bonds. The van der Waals surface area contributed by atoms with E-state index in [1.807, 2.05) is 0 Å². The first-order valence-electron chi connectivity index (χ1n) is 7.96. The minimum Gasteiger partial charge on any atom is -0.303 e. The van der Waals surface area contributed by atoms with Crippen molar-refractivity contribution in [3.8, 4) is 0 Å². The van der Waals surface area contributed by atoms with E-state index < -0.39 is 0 Å². The molecule has 0 unspecified atom stereocenters. The highest BCUT2D eigenvalue weighted by atomic mass is 35.5. The van der Waals surface area contributed by atoms with Crippen LogP contribution in [-0.4, -0.2) is 46.4 Å². The summed E-state index contributed by atoms with van der Waals surface area (Å²) in [4.78, 5) is 14.7. The second-order valence-electron chi connectivity index (χ2n) is 5.59. The van der Waals surface area contributed by atoms with Crippen LogP contribution >= 0.6 is 47.1 Å². The molecule has 25 heavy (non-hydrogen) atoms. The van der Waals surface area contributed by atoms with Crippen molar-refractivity contribution in [2.24, 2.45) is 0 Å². The molecule has 0 saturated carbocycles. The van der Waals surface area contributed by atoms with Gasteiger partial charge >= 0.3 is 0 Å². The van der Waals surface area contributed by atoms with Crippen LogP contribution in [0.15, 0.2) is 28.6 Å². The molecular formula is C16H20Cl2N4OS2. The van der Waals surface area contributed by atoms with Gasteiger partial charge in [-0.1, -0.05) is 47.2 Å². The van der Waals surface area contributed by atoms with Gasteiger partial charge < -0.3 is 4.90 Å². The maximum atomic E-state index is 12.2. The van der Waals surface area contributed by atoms with E-state index in [1.54, 1.807) is 36.0 Å². The van der Waals surface area contributed by atoms with Gasteiger partial charge in [0.25, 0.3) is 5.91 Å². The zero-order valence-electron chi connectivity index (χ0n) is 13.6. The Morgan fingerprint density at radius 3 is 2.84 bits per heavy atom. The molecule has 0 aliphatic carbocycles. The van der Waals surface area contributed by atoms with E-state index in [4.69, 9.17) is 11.6 Å². The first-order chi connectivity index (χ1) is 11.7. The fraction of sp³-hybridized carbons (Fsp3) is 0.438. The number of anilines is 1. The minimum absolute atomic E-state index is 0. The molecule has 1 N–H and O–H groups in total. The molecule has 136 valence electrons. The summed E-state index contributed by atoms with van der Waals surface area (Å²) in [6.07, 6.45) is 3.97. The van der Waals surface area contributed by atoms with E-state index in [2.05, 4.69) is 20.4 Å². The van der Waals surface area contributed by atoms with Crippen LogP contribution in [0.25, 0.3) is 0 Å². The lowest BCUT2D eigenvalue weighted by Gasteiger charge is -2.25. The highest BCUT2D eigenvalue weighted by molar-refractivity contribution is 8.01. The Morgan fingerprint density at radius 1 is 1.28 bits per heavy atom. The predicted octanol–water partition coefficient (Wildman–Crippen LogP) is 4.44. The summed E-state index contributed by atoms with van der Waals surface area (Å²) in [5, 5.41) is 12.0. The Hall–Kier alpha value is -0.860. The molecule has 1 saturated heterocycles. The van der Waals surface area contributed by atoms with Gasteiger partial charge in [0.2, 0.25) is 5.13 Å². The lowest BCUT2D eigenvalue weighted by molar-refractivity contribution is 0.102. The predicted molar refractivity (Wildman–Crippen MR) is 108 cm³/mol. The fourth-order valence-electron chi connectivity index (χ4n) is 2.56. The number of likely N-dealkylation sites (tertiary alicyclic amines) is 1. The van der Waals surface area contributed by atoms with E-state index in [0.717, 1.165) is 16.6 Å². The smallest absolute Gasteiger partial charge is 0.257 e. The Labute approximate surface area is 167 Å². The zero-order chi connectivity index (χ0) is 16.8. The van der Waals surface area contributed by atoms with Gasteiger partial charge in [-0.05, 0) is 44.1 Å². The quantitative estimate of drug-likeness (QED) is 0.554. The van der Waals surface area contributed by atoms with Crippen molar-refractivity contribution in [3.63, 3.8) is 0 Å². The highest BCUT2D eigenvalue weighted by Crippen LogP contribution is 2.26. The maximum Gasteiger partial charge on any atom is 0.257 e. The lowest BCUT2D eigenvalue weighted by atomic mass is 10.1. The molecule has 9 heteroatoms. The van der Waals surface area contributed by atoms with E-state index >= 15 is 0 Å². The van der Waals surface area contributed by atoms with Crippen LogP contribution < -0.4 is 5.32 Å². The zero-order valence-corrected chi connectivity index (χ0v) is 16.8. The van der Waals surface area contributed by atoms with Gasteiger partial charge in [0.05, 0.1) is 0 Å². The number of benzene rings is 1. The van der Waals surface area contributed by atoms with Crippen molar-refractivity contribution in [3.05, 3.63) is 34.9 Å². The van der Waals surface area contributed by atoms with Gasteiger partial charge in [-0.15, -0.1) is 22.6 Å². The van der Waals surface area contributed by atoms with E-state index in [1.165, 1.54) is 43.7 Å². The molecule has 0 atom stereocenters. The Bertz CT molecular complexity index is 692. The molecule has 1 aliphatic rings. The third kappa shape index (κ3) is 6.42. The van der Waals surface area contributed by atoms with Gasteiger partial charge in [0, 0.05) is 22.9 Å². The number of nitrogens with one attached hydrogen (secondary N) is 1. The third-order valence-corrected chi connectivity index (χ3v) is 5.98. The summed E-state index contributed by atoms with van der Waals surface area (Å²) in [5.41, 5.74) is 0.511. The van der Waals surface area contributed by atoms with Crippen molar-refractivity contribution >= 4 is 58.1 Å². The second kappa shape index (κ2) is 10.3. The largest absolute Gasteiger partial charge is 0.303 e. The number of hydrogen-bond donors (Lipinski definition) is 1. The topological polar surface area (TPSA) is 58.1 Å². The van der Waals surface area contributed by atoms with Gasteiger partial charge in [0.15, 0.2) is 4.34 Å². The standard InChI is InChI=1S/C16H19ClN4OS2.ClH/c17-13-6-4-5-12(11-13)14(22)18-15-19-20-16(24-15)23-10-9-21-7-2-1-3-8-21;/h4-6,11H,1-3,7-10H2,(H,18,19,22);1H. The molecule has 1 aliphatic heterocycles. The fourth-order valence-corrected chi connectivity index (χ4v) is 4.57. The van der Waals surface area contributed by atoms with E-state index in [0.29, 0.717) is 15.7 Å². The van der Waals surface area contributed by atoms with Crippen LogP contribution in [0.3, 0.4) is 0 Å². The average molecular weight is 419 g/mol. The molecule has 0 radical (unpaired) electrons. The monoisotopic (exact) mass is 418 g/mol. The molecule has 0 spiro atoms. The first-order valence-corrected chi connectivity index (χ1v) is 10.1. The Morgan fingerprint density at radius 2 is 2.08 bits per heavy atom. The Kier molecular flexibility index (Phi) is 8.45. The molecule has 2 heterocycles. The van der Waals surface area contributed by atoms with Gasteiger partial charge in [-0.3, -0.25) is 10.1 Å². The molecule has 1 aromatic heterocycles. The molecule has 5 nitrogen and oxygen atoms in total. The average Bonchev–Trinajstić information content (AvgIpc) is 3.03. The van der Waals surface area contributed by atoms with Crippen LogP contribution in [0.2, 0.25) is 5.02 Å². The molecule has 1 fully saturated rings. The number of halogens is 2. The van der Waals surface area contributed by atoms with Crippen molar-refractivity contribution in [1.82, 2.24) is 15.1 Å². The van der Waals surface area contributed by atoms with Crippen LogP contribution in [-0.2, 0) is 0 Å². The molecule has 1 aromatic carbocycles. The first kappa shape index (κ1) is 20.5. The van der Waals surface area contributed by atoms with Crippen molar-refractivity contribution in [2.45, 2.75) is 23.6 Å². The van der Waals surface area contributed by atoms with E-state index in [9.17, 15) is 4.79 Å². The summed E-state index contributed by atoms with van der Waals surface area (Å²) < 4.78 is 0.883. The summed E-state index contributed by atoms with van der Waals surface area (Å²) in [6.45, 7) is 3.49. The number of carbonyl (C=O) groups is 1. The number of rotatable bonds is 6. The van der Waals surface area contributed by atoms with Crippen LogP contribution in [0.5, 0.6) is 0 Å². The molecule has 3 rings (SSSR count). The third-order valence-electron chi connectivity index (χ3n) is 3.80. The van der Waals surface area contributed by atoms with Crippen LogP contribution in [0.4, 0.5) is 5.13 Å². The van der Waals surface area contributed by atoms with Gasteiger partial charge in [-0.2, -0.15) is 0 Å². The molecule has 2 aromatic rings. The number of aromatic nitrogens is 2. The van der Waals surface area contributed by atoms with Crippen LogP contribution in [0.1, 0.15) is 29.6 Å². The van der Waals surface area contributed by atoms with Crippen molar-refractivity contribution < 1.29 is 4.79 Å². The summed E-state index contributed by atoms with van der Waals surface area (Å²) in [6, 6.07) is 6.84. The normalized spacial score (nSPS) is 14.8. The van der Waals surface area contributed by atoms with Crippen molar-refractivity contribution in [2.75, 3.05) is 30.7 Å². The van der Waals surface area contributed by atoms with E-state index in [-0.39, 0.29) is 18.3 Å². The van der Waals surface area contributed by atoms with Gasteiger partial charge in [-0.25, -0.2) is 0 Å². The lowest BCUT2D eigenvalue weighted by Crippen LogP contribution is -2.31. The number of nitrogens with zero attached hydrogens (tertiary/aromatic N) is 3.